The van der Waals surface area contributed by atoms with Gasteiger partial charge < -0.3 is 0 Å². The fourth-order valence-electron chi connectivity index (χ4n) is 1.51. The molecule has 3 nitrogen and oxygen atoms in total. The van der Waals surface area contributed by atoms with Crippen LogP contribution in [0, 0.1) is 6.92 Å². The Balaban J connectivity index is 2.12. The summed E-state index contributed by atoms with van der Waals surface area (Å²) in [6.45, 7) is 1.93. The van der Waals surface area contributed by atoms with Gasteiger partial charge in [-0.25, -0.2) is 0 Å². The number of hydrogen-bond donors (Lipinski definition) is 1. The van der Waals surface area contributed by atoms with Crippen molar-refractivity contribution in [2.24, 2.45) is 0 Å². The maximum absolute atomic E-state index is 11.4. The molecule has 1 aliphatic heterocycles. The molecule has 0 spiro atoms. The molecule has 0 bridgehead atoms. The molecule has 84 valence electrons. The van der Waals surface area contributed by atoms with Gasteiger partial charge >= 0.3 is 105 Å². The molecule has 2 amide bonds. The molecule has 5 heteroatoms. The summed E-state index contributed by atoms with van der Waals surface area (Å²) < 4.78 is 0. The van der Waals surface area contributed by atoms with E-state index in [1.54, 1.807) is 0 Å². The summed E-state index contributed by atoms with van der Waals surface area (Å²) in [6, 6.07) is 5.75. The van der Waals surface area contributed by atoms with E-state index in [1.165, 1.54) is 0 Å². The Hall–Kier alpha value is -0.831. The zero-order valence-electron chi connectivity index (χ0n) is 8.62. The first-order chi connectivity index (χ1) is 7.56. The number of aryl methyl sites for hydroxylation is 1. The predicted octanol–water partition coefficient (Wildman–Crippen LogP) is 1.93. The summed E-state index contributed by atoms with van der Waals surface area (Å²) in [7, 11) is 0. The van der Waals surface area contributed by atoms with Crippen molar-refractivity contribution in [3.8, 4) is 0 Å². The molecular formula is C11H10ClNO2Se. The number of rotatable bonds is 2. The van der Waals surface area contributed by atoms with Crippen molar-refractivity contribution in [1.29, 1.82) is 0 Å². The Morgan fingerprint density at radius 3 is 2.75 bits per heavy atom. The van der Waals surface area contributed by atoms with Gasteiger partial charge in [-0.15, -0.1) is 0 Å². The zero-order valence-corrected chi connectivity index (χ0v) is 11.1. The average molecular weight is 303 g/mol. The minimum absolute atomic E-state index is 0.124. The first kappa shape index (κ1) is 11.6. The van der Waals surface area contributed by atoms with Crippen LogP contribution in [0.5, 0.6) is 0 Å². The number of halogens is 1. The number of benzene rings is 1. The molecule has 1 saturated heterocycles. The molecule has 1 aliphatic rings. The van der Waals surface area contributed by atoms with Crippen LogP contribution in [0.3, 0.4) is 0 Å². The first-order valence-electron chi connectivity index (χ1n) is 4.83. The van der Waals surface area contributed by atoms with Crippen molar-refractivity contribution >= 4 is 37.3 Å². The fourth-order valence-corrected chi connectivity index (χ4v) is 3.51. The standard InChI is InChI=1S/C11H10ClNO2Se/c1-6-2-3-7(4-8(6)12)5-9-10(14)13-11(15)16-9/h2-4,9H,5H2,1H3,(H,13,14,15). The van der Waals surface area contributed by atoms with Crippen LogP contribution in [0.15, 0.2) is 18.2 Å². The van der Waals surface area contributed by atoms with Crippen LogP contribution in [0.4, 0.5) is 4.79 Å². The van der Waals surface area contributed by atoms with Crippen molar-refractivity contribution in [2.45, 2.75) is 18.2 Å². The molecule has 0 aromatic heterocycles. The number of hydrogen-bond acceptors (Lipinski definition) is 2. The van der Waals surface area contributed by atoms with Crippen molar-refractivity contribution in [2.75, 3.05) is 0 Å². The monoisotopic (exact) mass is 303 g/mol. The Morgan fingerprint density at radius 2 is 2.19 bits per heavy atom. The number of amides is 2. The van der Waals surface area contributed by atoms with E-state index in [0.29, 0.717) is 11.4 Å². The molecule has 1 N–H and O–H groups in total. The van der Waals surface area contributed by atoms with E-state index < -0.39 is 0 Å². The quantitative estimate of drug-likeness (QED) is 0.849. The number of imide groups is 1. The molecule has 1 aromatic carbocycles. The third-order valence-corrected chi connectivity index (χ3v) is 4.89. The summed E-state index contributed by atoms with van der Waals surface area (Å²) in [5, 5.41) is 3.03. The van der Waals surface area contributed by atoms with Crippen LogP contribution in [0.25, 0.3) is 0 Å². The molecule has 1 fully saturated rings. The van der Waals surface area contributed by atoms with E-state index in [9.17, 15) is 9.59 Å². The second kappa shape index (κ2) is 4.58. The number of nitrogens with one attached hydrogen (secondary N) is 1. The van der Waals surface area contributed by atoms with E-state index in [1.807, 2.05) is 25.1 Å². The van der Waals surface area contributed by atoms with Gasteiger partial charge in [-0.3, -0.25) is 0 Å². The van der Waals surface area contributed by atoms with Gasteiger partial charge in [-0.1, -0.05) is 0 Å². The van der Waals surface area contributed by atoms with Gasteiger partial charge in [0.25, 0.3) is 0 Å². The molecule has 1 heterocycles. The molecule has 0 aliphatic carbocycles. The minimum atomic E-state index is -0.283. The molecule has 0 saturated carbocycles. The van der Waals surface area contributed by atoms with Gasteiger partial charge in [0.2, 0.25) is 0 Å². The Labute approximate surface area is 105 Å². The van der Waals surface area contributed by atoms with E-state index >= 15 is 0 Å². The van der Waals surface area contributed by atoms with Crippen molar-refractivity contribution in [1.82, 2.24) is 5.32 Å². The second-order valence-corrected chi connectivity index (χ2v) is 6.54. The molecule has 2 rings (SSSR count). The van der Waals surface area contributed by atoms with Crippen LogP contribution in [-0.4, -0.2) is 25.7 Å². The van der Waals surface area contributed by atoms with Crippen LogP contribution in [0.2, 0.25) is 9.84 Å². The predicted molar refractivity (Wildman–Crippen MR) is 62.9 cm³/mol. The Bertz CT molecular complexity index is 461. The summed E-state index contributed by atoms with van der Waals surface area (Å²) in [5.41, 5.74) is 2.02. The third kappa shape index (κ3) is 2.46. The number of carbonyl (C=O) groups is 2. The zero-order chi connectivity index (χ0) is 11.7. The van der Waals surface area contributed by atoms with Gasteiger partial charge in [0.15, 0.2) is 0 Å². The summed E-state index contributed by atoms with van der Waals surface area (Å²) in [4.78, 5) is 22.1. The topological polar surface area (TPSA) is 46.2 Å². The maximum atomic E-state index is 11.4. The third-order valence-electron chi connectivity index (χ3n) is 2.42. The SMILES string of the molecule is Cc1ccc(CC2[Se]C(=O)NC2=O)cc1Cl. The summed E-state index contributed by atoms with van der Waals surface area (Å²) >= 11 is 5.72. The fraction of sp³-hybridized carbons (Fsp3) is 0.273. The van der Waals surface area contributed by atoms with Crippen molar-refractivity contribution in [3.63, 3.8) is 0 Å². The van der Waals surface area contributed by atoms with Gasteiger partial charge in [-0.05, 0) is 0 Å². The molecule has 16 heavy (non-hydrogen) atoms. The molecule has 1 aromatic rings. The average Bonchev–Trinajstić information content (AvgIpc) is 2.51. The Kier molecular flexibility index (Phi) is 3.33. The van der Waals surface area contributed by atoms with E-state index in [-0.39, 0.29) is 30.5 Å². The summed E-state index contributed by atoms with van der Waals surface area (Å²) in [6.07, 6.45) is 0.595. The molecular weight excluding hydrogens is 293 g/mol. The van der Waals surface area contributed by atoms with Crippen LogP contribution < -0.4 is 5.32 Å². The van der Waals surface area contributed by atoms with Gasteiger partial charge in [0.05, 0.1) is 0 Å². The van der Waals surface area contributed by atoms with Crippen molar-refractivity contribution < 1.29 is 9.59 Å². The van der Waals surface area contributed by atoms with Crippen LogP contribution in [-0.2, 0) is 11.2 Å². The van der Waals surface area contributed by atoms with Gasteiger partial charge in [0.1, 0.15) is 0 Å². The normalized spacial score (nSPS) is 20.0. The first-order valence-corrected chi connectivity index (χ1v) is 7.05. The summed E-state index contributed by atoms with van der Waals surface area (Å²) in [5.74, 6) is -0.151. The van der Waals surface area contributed by atoms with Crippen LogP contribution in [0.1, 0.15) is 11.1 Å². The van der Waals surface area contributed by atoms with Crippen molar-refractivity contribution in [3.05, 3.63) is 34.3 Å². The van der Waals surface area contributed by atoms with E-state index in [4.69, 9.17) is 11.6 Å². The van der Waals surface area contributed by atoms with E-state index in [0.717, 1.165) is 11.1 Å². The molecule has 1 atom stereocenters. The molecule has 1 unspecified atom stereocenters. The van der Waals surface area contributed by atoms with Gasteiger partial charge in [0, 0.05) is 0 Å². The van der Waals surface area contributed by atoms with Gasteiger partial charge in [-0.2, -0.15) is 0 Å². The number of carbonyl (C=O) groups excluding carboxylic acids is 2. The second-order valence-electron chi connectivity index (χ2n) is 3.67. The van der Waals surface area contributed by atoms with Crippen LogP contribution >= 0.6 is 11.6 Å². The van der Waals surface area contributed by atoms with E-state index in [2.05, 4.69) is 5.32 Å². The Morgan fingerprint density at radius 1 is 1.44 bits per heavy atom. The molecule has 0 radical (unpaired) electrons.